The minimum Gasteiger partial charge on any atom is -0.398 e. The van der Waals surface area contributed by atoms with E-state index in [0.717, 1.165) is 4.31 Å². The van der Waals surface area contributed by atoms with Gasteiger partial charge in [-0.3, -0.25) is 0 Å². The molecule has 0 aromatic heterocycles. The van der Waals surface area contributed by atoms with Gasteiger partial charge in [0.2, 0.25) is 10.0 Å². The molecule has 7 heteroatoms. The van der Waals surface area contributed by atoms with E-state index >= 15 is 0 Å². The molecule has 3 N–H and O–H groups in total. The first-order valence-corrected chi connectivity index (χ1v) is 7.51. The van der Waals surface area contributed by atoms with Gasteiger partial charge in [-0.1, -0.05) is 11.6 Å². The summed E-state index contributed by atoms with van der Waals surface area (Å²) in [5, 5.41) is 9.82. The highest BCUT2D eigenvalue weighted by Crippen LogP contribution is 2.29. The van der Waals surface area contributed by atoms with Crippen LogP contribution in [0.5, 0.6) is 0 Å². The van der Waals surface area contributed by atoms with Crippen molar-refractivity contribution < 1.29 is 13.5 Å². The fourth-order valence-corrected chi connectivity index (χ4v) is 3.58. The maximum Gasteiger partial charge on any atom is 0.244 e. The first-order chi connectivity index (χ1) is 8.45. The van der Waals surface area contributed by atoms with E-state index in [0.29, 0.717) is 11.3 Å². The summed E-state index contributed by atoms with van der Waals surface area (Å²) in [6.07, 6.45) is 0. The second-order valence-electron chi connectivity index (χ2n) is 5.21. The molecule has 0 aliphatic rings. The molecule has 108 valence electrons. The van der Waals surface area contributed by atoms with Crippen molar-refractivity contribution in [2.45, 2.75) is 31.3 Å². The van der Waals surface area contributed by atoms with Crippen LogP contribution in [-0.4, -0.2) is 37.0 Å². The van der Waals surface area contributed by atoms with Crippen molar-refractivity contribution in [2.75, 3.05) is 19.3 Å². The van der Waals surface area contributed by atoms with Crippen molar-refractivity contribution >= 4 is 27.3 Å². The molecule has 0 spiro atoms. The minimum absolute atomic E-state index is 0.0422. The van der Waals surface area contributed by atoms with Gasteiger partial charge in [0.25, 0.3) is 0 Å². The van der Waals surface area contributed by atoms with E-state index in [1.807, 2.05) is 0 Å². The van der Waals surface area contributed by atoms with Gasteiger partial charge in [-0.15, -0.1) is 0 Å². The van der Waals surface area contributed by atoms with Crippen molar-refractivity contribution in [1.29, 1.82) is 0 Å². The van der Waals surface area contributed by atoms with Crippen LogP contribution in [0.2, 0.25) is 5.02 Å². The molecule has 0 fully saturated rings. The highest BCUT2D eigenvalue weighted by Gasteiger charge is 2.28. The standard InChI is InChI=1S/C12H19ClN2O3S/c1-8-5-9(13)11(6-10(8)14)19(17,18)15(4)7-12(2,3)16/h5-6,16H,7,14H2,1-4H3. The summed E-state index contributed by atoms with van der Waals surface area (Å²) in [5.41, 5.74) is 5.67. The van der Waals surface area contributed by atoms with E-state index in [1.54, 1.807) is 6.92 Å². The third kappa shape index (κ3) is 3.82. The maximum absolute atomic E-state index is 12.4. The smallest absolute Gasteiger partial charge is 0.244 e. The fraction of sp³-hybridized carbons (Fsp3) is 0.500. The number of sulfonamides is 1. The number of nitrogens with two attached hydrogens (primary N) is 1. The highest BCUT2D eigenvalue weighted by atomic mass is 35.5. The van der Waals surface area contributed by atoms with Gasteiger partial charge >= 0.3 is 0 Å². The van der Waals surface area contributed by atoms with Crippen molar-refractivity contribution in [3.63, 3.8) is 0 Å². The van der Waals surface area contributed by atoms with Crippen LogP contribution in [0.4, 0.5) is 5.69 Å². The highest BCUT2D eigenvalue weighted by molar-refractivity contribution is 7.89. The van der Waals surface area contributed by atoms with E-state index in [-0.39, 0.29) is 16.5 Å². The number of halogens is 1. The summed E-state index contributed by atoms with van der Waals surface area (Å²) < 4.78 is 25.8. The van der Waals surface area contributed by atoms with Gasteiger partial charge in [-0.25, -0.2) is 8.42 Å². The van der Waals surface area contributed by atoms with Crippen LogP contribution in [-0.2, 0) is 10.0 Å². The Hall–Kier alpha value is -0.820. The van der Waals surface area contributed by atoms with Crippen LogP contribution in [0.1, 0.15) is 19.4 Å². The van der Waals surface area contributed by atoms with Crippen LogP contribution in [0, 0.1) is 6.92 Å². The topological polar surface area (TPSA) is 83.6 Å². The first kappa shape index (κ1) is 16.2. The maximum atomic E-state index is 12.4. The Kier molecular flexibility index (Phi) is 4.51. The molecule has 1 aromatic rings. The number of aryl methyl sites for hydroxylation is 1. The van der Waals surface area contributed by atoms with Crippen LogP contribution >= 0.6 is 11.6 Å². The number of rotatable bonds is 4. The Labute approximate surface area is 119 Å². The molecule has 0 aliphatic carbocycles. The van der Waals surface area contributed by atoms with Crippen LogP contribution in [0.25, 0.3) is 0 Å². The Balaban J connectivity index is 3.25. The van der Waals surface area contributed by atoms with Gasteiger partial charge in [-0.2, -0.15) is 4.31 Å². The lowest BCUT2D eigenvalue weighted by Gasteiger charge is -2.25. The molecule has 0 amide bonds. The molecule has 0 bridgehead atoms. The lowest BCUT2D eigenvalue weighted by molar-refractivity contribution is 0.0640. The molecule has 0 aliphatic heterocycles. The second kappa shape index (κ2) is 5.28. The third-order valence-corrected chi connectivity index (χ3v) is 4.89. The molecule has 0 unspecified atom stereocenters. The van der Waals surface area contributed by atoms with Gasteiger partial charge in [-0.05, 0) is 38.5 Å². The van der Waals surface area contributed by atoms with Crippen molar-refractivity contribution in [3.8, 4) is 0 Å². The van der Waals surface area contributed by atoms with Gasteiger partial charge in [0, 0.05) is 19.3 Å². The number of likely N-dealkylation sites (N-methyl/N-ethyl adjacent to an activating group) is 1. The average Bonchev–Trinajstić information content (AvgIpc) is 2.20. The number of aliphatic hydroxyl groups is 1. The molecular weight excluding hydrogens is 288 g/mol. The molecule has 1 aromatic carbocycles. The van der Waals surface area contributed by atoms with E-state index in [1.165, 1.54) is 33.0 Å². The van der Waals surface area contributed by atoms with Crippen LogP contribution in [0.15, 0.2) is 17.0 Å². The quantitative estimate of drug-likeness (QED) is 0.828. The Morgan fingerprint density at radius 3 is 2.42 bits per heavy atom. The Morgan fingerprint density at radius 2 is 1.95 bits per heavy atom. The van der Waals surface area contributed by atoms with Crippen molar-refractivity contribution in [3.05, 3.63) is 22.7 Å². The Bertz CT molecular complexity index is 579. The zero-order valence-corrected chi connectivity index (χ0v) is 13.0. The molecule has 5 nitrogen and oxygen atoms in total. The first-order valence-electron chi connectivity index (χ1n) is 5.69. The number of benzene rings is 1. The summed E-state index contributed by atoms with van der Waals surface area (Å²) in [6.45, 7) is 4.77. The van der Waals surface area contributed by atoms with Gasteiger partial charge in [0.1, 0.15) is 4.90 Å². The normalized spacial score (nSPS) is 13.0. The minimum atomic E-state index is -3.78. The predicted octanol–water partition coefficient (Wildman–Crippen LogP) is 1.62. The molecule has 0 saturated heterocycles. The van der Waals surface area contributed by atoms with Crippen molar-refractivity contribution in [2.24, 2.45) is 0 Å². The number of nitrogen functional groups attached to an aromatic ring is 1. The molecule has 0 radical (unpaired) electrons. The molecule has 0 heterocycles. The van der Waals surface area contributed by atoms with Gasteiger partial charge < -0.3 is 10.8 Å². The summed E-state index contributed by atoms with van der Waals surface area (Å²) in [6, 6.07) is 2.86. The van der Waals surface area contributed by atoms with Gasteiger partial charge in [0.05, 0.1) is 10.6 Å². The zero-order chi connectivity index (χ0) is 15.0. The lowest BCUT2D eigenvalue weighted by Crippen LogP contribution is -2.39. The van der Waals surface area contributed by atoms with Crippen LogP contribution in [0.3, 0.4) is 0 Å². The van der Waals surface area contributed by atoms with E-state index in [2.05, 4.69) is 0 Å². The molecule has 19 heavy (non-hydrogen) atoms. The van der Waals surface area contributed by atoms with Crippen molar-refractivity contribution in [1.82, 2.24) is 4.31 Å². The average molecular weight is 307 g/mol. The van der Waals surface area contributed by atoms with E-state index < -0.39 is 15.6 Å². The Morgan fingerprint density at radius 1 is 1.42 bits per heavy atom. The number of nitrogens with zero attached hydrogens (tertiary/aromatic N) is 1. The second-order valence-corrected chi connectivity index (χ2v) is 7.63. The number of hydrogen-bond donors (Lipinski definition) is 2. The molecule has 0 atom stereocenters. The third-order valence-electron chi connectivity index (χ3n) is 2.62. The van der Waals surface area contributed by atoms with E-state index in [9.17, 15) is 13.5 Å². The summed E-state index contributed by atoms with van der Waals surface area (Å²) >= 11 is 5.98. The summed E-state index contributed by atoms with van der Waals surface area (Å²) in [4.78, 5) is -0.0518. The van der Waals surface area contributed by atoms with Crippen LogP contribution < -0.4 is 5.73 Å². The largest absolute Gasteiger partial charge is 0.398 e. The molecular formula is C12H19ClN2O3S. The number of hydrogen-bond acceptors (Lipinski definition) is 4. The summed E-state index contributed by atoms with van der Waals surface area (Å²) in [5.74, 6) is 0. The molecule has 0 saturated carbocycles. The fourth-order valence-electron chi connectivity index (χ4n) is 1.66. The SMILES string of the molecule is Cc1cc(Cl)c(S(=O)(=O)N(C)CC(C)(C)O)cc1N. The zero-order valence-electron chi connectivity index (χ0n) is 11.4. The monoisotopic (exact) mass is 306 g/mol. The molecule has 1 rings (SSSR count). The van der Waals surface area contributed by atoms with E-state index in [4.69, 9.17) is 17.3 Å². The predicted molar refractivity (Wildman–Crippen MR) is 76.7 cm³/mol. The lowest BCUT2D eigenvalue weighted by atomic mass is 10.1. The number of anilines is 1. The summed E-state index contributed by atoms with van der Waals surface area (Å²) in [7, 11) is -2.39. The van der Waals surface area contributed by atoms with Gasteiger partial charge in [0.15, 0.2) is 0 Å².